The maximum atomic E-state index is 11.0. The normalized spacial score (nSPS) is 11.4. The molecule has 10 nitrogen and oxygen atoms in total. The zero-order valence-corrected chi connectivity index (χ0v) is 9.66. The summed E-state index contributed by atoms with van der Waals surface area (Å²) in [6.07, 6.45) is -0.880. The van der Waals surface area contributed by atoms with Crippen LogP contribution >= 0.6 is 0 Å². The van der Waals surface area contributed by atoms with Crippen molar-refractivity contribution >= 4 is 12.1 Å². The molecule has 104 valence electrons. The lowest BCUT2D eigenvalue weighted by Gasteiger charge is -2.09. The van der Waals surface area contributed by atoms with Crippen molar-refractivity contribution in [1.29, 1.82) is 0 Å². The van der Waals surface area contributed by atoms with E-state index in [0.717, 1.165) is 0 Å². The van der Waals surface area contributed by atoms with E-state index in [2.05, 4.69) is 14.9 Å². The van der Waals surface area contributed by atoms with Gasteiger partial charge >= 0.3 is 12.1 Å². The van der Waals surface area contributed by atoms with E-state index < -0.39 is 23.2 Å². The number of carboxylic acid groups (broad SMARTS) is 1. The van der Waals surface area contributed by atoms with Crippen LogP contribution in [0.5, 0.6) is 0 Å². The van der Waals surface area contributed by atoms with E-state index in [1.807, 2.05) is 0 Å². The Balaban J connectivity index is 3.41. The van der Waals surface area contributed by atoms with Crippen LogP contribution in [0.25, 0.3) is 0 Å². The van der Waals surface area contributed by atoms with Crippen LogP contribution in [0.2, 0.25) is 0 Å². The minimum atomic E-state index is -1.18. The summed E-state index contributed by atoms with van der Waals surface area (Å²) in [4.78, 5) is 35.0. The Bertz CT molecular complexity index is 295. The number of hydrogen-bond acceptors (Lipinski definition) is 7. The van der Waals surface area contributed by atoms with Gasteiger partial charge in [0, 0.05) is 0 Å². The minimum Gasteiger partial charge on any atom is -0.480 e. The number of aliphatic carboxylic acids is 1. The van der Waals surface area contributed by atoms with Crippen LogP contribution in [0, 0.1) is 10.1 Å². The smallest absolute Gasteiger partial charge is 0.407 e. The van der Waals surface area contributed by atoms with Crippen molar-refractivity contribution in [3.05, 3.63) is 10.1 Å². The van der Waals surface area contributed by atoms with Gasteiger partial charge < -0.3 is 24.7 Å². The van der Waals surface area contributed by atoms with E-state index in [9.17, 15) is 19.7 Å². The Morgan fingerprint density at radius 1 is 1.33 bits per heavy atom. The van der Waals surface area contributed by atoms with E-state index in [-0.39, 0.29) is 26.4 Å². The number of nitrogens with one attached hydrogen (secondary N) is 1. The van der Waals surface area contributed by atoms with Crippen LogP contribution in [0.4, 0.5) is 4.79 Å². The molecule has 2 N–H and O–H groups in total. The molecular formula is C8H14N2O8. The molecule has 0 saturated heterocycles. The van der Waals surface area contributed by atoms with Crippen LogP contribution in [-0.2, 0) is 19.1 Å². The van der Waals surface area contributed by atoms with Gasteiger partial charge in [-0.15, -0.1) is 10.1 Å². The molecule has 0 aromatic heterocycles. The first-order chi connectivity index (χ1) is 8.43. The fraction of sp³-hybridized carbons (Fsp3) is 0.750. The van der Waals surface area contributed by atoms with Crippen LogP contribution in [0.15, 0.2) is 0 Å². The molecule has 0 rings (SSSR count). The summed E-state index contributed by atoms with van der Waals surface area (Å²) < 4.78 is 9.41. The molecule has 10 heteroatoms. The molecular weight excluding hydrogens is 252 g/mol. The first-order valence-corrected chi connectivity index (χ1v) is 4.94. The van der Waals surface area contributed by atoms with Crippen molar-refractivity contribution in [3.63, 3.8) is 0 Å². The number of carbonyl (C=O) groups is 2. The van der Waals surface area contributed by atoms with Gasteiger partial charge in [-0.05, 0) is 6.92 Å². The summed E-state index contributed by atoms with van der Waals surface area (Å²) in [5, 5.41) is 19.3. The summed E-state index contributed by atoms with van der Waals surface area (Å²) in [6.45, 7) is 0.981. The molecule has 0 aliphatic carbocycles. The monoisotopic (exact) mass is 266 g/mol. The standard InChI is InChI=1S/C8H14N2O8/c1-6(7(11)12)9-8(13)17-4-2-16-3-5-18-10(14)15/h6H,2-5H2,1H3,(H,9,13)(H,11,12). The van der Waals surface area contributed by atoms with Gasteiger partial charge in [-0.2, -0.15) is 0 Å². The third-order valence-corrected chi connectivity index (χ3v) is 1.59. The number of carbonyl (C=O) groups excluding carboxylic acids is 1. The Labute approximate surface area is 102 Å². The lowest BCUT2D eigenvalue weighted by molar-refractivity contribution is -0.758. The van der Waals surface area contributed by atoms with Crippen molar-refractivity contribution in [2.24, 2.45) is 0 Å². The number of ether oxygens (including phenoxy) is 2. The van der Waals surface area contributed by atoms with Gasteiger partial charge in [0.05, 0.1) is 13.2 Å². The van der Waals surface area contributed by atoms with E-state index in [1.54, 1.807) is 0 Å². The lowest BCUT2D eigenvalue weighted by Crippen LogP contribution is -2.39. The Hall–Kier alpha value is -2.10. The average Bonchev–Trinajstić information content (AvgIpc) is 2.27. The first-order valence-electron chi connectivity index (χ1n) is 4.94. The Morgan fingerprint density at radius 2 is 1.94 bits per heavy atom. The lowest BCUT2D eigenvalue weighted by atomic mass is 10.4. The van der Waals surface area contributed by atoms with Gasteiger partial charge in [0.25, 0.3) is 5.09 Å². The first kappa shape index (κ1) is 15.9. The number of alkyl carbamates (subject to hydrolysis) is 1. The average molecular weight is 266 g/mol. The molecule has 1 atom stereocenters. The minimum absolute atomic E-state index is 0.0164. The van der Waals surface area contributed by atoms with Gasteiger partial charge in [0.15, 0.2) is 0 Å². The highest BCUT2D eigenvalue weighted by Gasteiger charge is 2.14. The number of rotatable bonds is 9. The molecule has 1 amide bonds. The summed E-state index contributed by atoms with van der Waals surface area (Å²) in [6, 6.07) is -1.05. The molecule has 1 unspecified atom stereocenters. The van der Waals surface area contributed by atoms with Gasteiger partial charge in [-0.3, -0.25) is 4.79 Å². The number of nitrogens with zero attached hydrogens (tertiary/aromatic N) is 1. The van der Waals surface area contributed by atoms with Crippen molar-refractivity contribution < 1.29 is 34.1 Å². The molecule has 18 heavy (non-hydrogen) atoms. The van der Waals surface area contributed by atoms with E-state index in [4.69, 9.17) is 9.84 Å². The molecule has 0 aromatic carbocycles. The van der Waals surface area contributed by atoms with E-state index >= 15 is 0 Å². The van der Waals surface area contributed by atoms with Crippen LogP contribution < -0.4 is 5.32 Å². The fourth-order valence-corrected chi connectivity index (χ4v) is 0.746. The maximum absolute atomic E-state index is 11.0. The third kappa shape index (κ3) is 9.15. The number of hydrogen-bond donors (Lipinski definition) is 2. The molecule has 0 aliphatic rings. The topological polar surface area (TPSA) is 137 Å². The largest absolute Gasteiger partial charge is 0.480 e. The predicted molar refractivity (Wildman–Crippen MR) is 55.3 cm³/mol. The molecule has 0 aromatic rings. The highest BCUT2D eigenvalue weighted by Crippen LogP contribution is 1.86. The van der Waals surface area contributed by atoms with Crippen LogP contribution in [0.1, 0.15) is 6.92 Å². The third-order valence-electron chi connectivity index (χ3n) is 1.59. The highest BCUT2D eigenvalue weighted by molar-refractivity contribution is 5.79. The van der Waals surface area contributed by atoms with E-state index in [1.165, 1.54) is 6.92 Å². The Kier molecular flexibility index (Phi) is 7.94. The molecule has 0 spiro atoms. The second kappa shape index (κ2) is 8.98. The van der Waals surface area contributed by atoms with Crippen LogP contribution in [0.3, 0.4) is 0 Å². The van der Waals surface area contributed by atoms with Crippen molar-refractivity contribution in [2.45, 2.75) is 13.0 Å². The second-order valence-electron chi connectivity index (χ2n) is 3.01. The molecule has 0 saturated carbocycles. The van der Waals surface area contributed by atoms with Gasteiger partial charge in [-0.25, -0.2) is 4.79 Å². The molecule has 0 heterocycles. The second-order valence-corrected chi connectivity index (χ2v) is 3.01. The van der Waals surface area contributed by atoms with Crippen LogP contribution in [-0.4, -0.2) is 54.7 Å². The van der Waals surface area contributed by atoms with Gasteiger partial charge in [0.1, 0.15) is 19.3 Å². The quantitative estimate of drug-likeness (QED) is 0.321. The zero-order chi connectivity index (χ0) is 14.0. The van der Waals surface area contributed by atoms with E-state index in [0.29, 0.717) is 0 Å². The van der Waals surface area contributed by atoms with Gasteiger partial charge in [0.2, 0.25) is 0 Å². The fourth-order valence-electron chi connectivity index (χ4n) is 0.746. The molecule has 0 radical (unpaired) electrons. The van der Waals surface area contributed by atoms with Crippen molar-refractivity contribution in [2.75, 3.05) is 26.4 Å². The maximum Gasteiger partial charge on any atom is 0.407 e. The summed E-state index contributed by atoms with van der Waals surface area (Å²) in [5.74, 6) is -1.18. The summed E-state index contributed by atoms with van der Waals surface area (Å²) in [5.41, 5.74) is 0. The van der Waals surface area contributed by atoms with Gasteiger partial charge in [-0.1, -0.05) is 0 Å². The summed E-state index contributed by atoms with van der Waals surface area (Å²) in [7, 11) is 0. The Morgan fingerprint density at radius 3 is 2.50 bits per heavy atom. The molecule has 0 bridgehead atoms. The highest BCUT2D eigenvalue weighted by atomic mass is 17.0. The summed E-state index contributed by atoms with van der Waals surface area (Å²) >= 11 is 0. The SMILES string of the molecule is CC(NC(=O)OCCOCCO[N+](=O)[O-])C(=O)O. The number of amides is 1. The van der Waals surface area contributed by atoms with Crippen molar-refractivity contribution in [1.82, 2.24) is 5.32 Å². The number of carboxylic acids is 1. The predicted octanol–water partition coefficient (Wildman–Crippen LogP) is -0.589. The van der Waals surface area contributed by atoms with Crippen molar-refractivity contribution in [3.8, 4) is 0 Å². The zero-order valence-electron chi connectivity index (χ0n) is 9.66. The molecule has 0 fully saturated rings. The molecule has 0 aliphatic heterocycles.